The number of pyridine rings is 1. The van der Waals surface area contributed by atoms with Gasteiger partial charge in [-0.15, -0.1) is 0 Å². The quantitative estimate of drug-likeness (QED) is 0.628. The number of fused-ring (bicyclic) bond motifs is 2. The van der Waals surface area contributed by atoms with E-state index in [0.29, 0.717) is 30.3 Å². The number of piperazine rings is 1. The van der Waals surface area contributed by atoms with E-state index in [2.05, 4.69) is 29.0 Å². The Labute approximate surface area is 193 Å². The minimum Gasteiger partial charge on any atom is -0.486 e. The summed E-state index contributed by atoms with van der Waals surface area (Å²) in [6, 6.07) is 13.0. The predicted octanol–water partition coefficient (Wildman–Crippen LogP) is 2.34. The monoisotopic (exact) mass is 447 g/mol. The summed E-state index contributed by atoms with van der Waals surface area (Å²) >= 11 is 0. The Morgan fingerprint density at radius 3 is 2.82 bits per heavy atom. The molecule has 2 atom stereocenters. The zero-order chi connectivity index (χ0) is 22.9. The molecule has 2 aliphatic rings. The molecule has 33 heavy (non-hydrogen) atoms. The molecule has 0 radical (unpaired) electrons. The van der Waals surface area contributed by atoms with Gasteiger partial charge in [0.2, 0.25) is 5.91 Å². The molecule has 3 aromatic rings. The number of amides is 2. The highest BCUT2D eigenvalue weighted by Gasteiger charge is 2.43. The number of para-hydroxylation sites is 1. The molecule has 0 aliphatic carbocycles. The van der Waals surface area contributed by atoms with E-state index in [4.69, 9.17) is 4.74 Å². The van der Waals surface area contributed by atoms with Crippen LogP contribution in [0.4, 0.5) is 0 Å². The van der Waals surface area contributed by atoms with Gasteiger partial charge in [-0.25, -0.2) is 4.98 Å². The van der Waals surface area contributed by atoms with Crippen LogP contribution in [0.5, 0.6) is 5.75 Å². The minimum absolute atomic E-state index is 0.0138. The highest BCUT2D eigenvalue weighted by Crippen LogP contribution is 2.26. The Morgan fingerprint density at radius 2 is 2.00 bits per heavy atom. The molecule has 172 valence electrons. The van der Waals surface area contributed by atoms with E-state index in [9.17, 15) is 9.59 Å². The molecule has 0 bridgehead atoms. The van der Waals surface area contributed by atoms with Gasteiger partial charge in [0.25, 0.3) is 5.91 Å². The van der Waals surface area contributed by atoms with E-state index in [1.807, 2.05) is 46.0 Å². The maximum atomic E-state index is 13.1. The zero-order valence-corrected chi connectivity index (χ0v) is 19.0. The molecule has 5 rings (SSSR count). The van der Waals surface area contributed by atoms with Crippen molar-refractivity contribution in [2.24, 2.45) is 0 Å². The third-order valence-electron chi connectivity index (χ3n) is 6.56. The molecule has 8 nitrogen and oxygen atoms in total. The second-order valence-corrected chi connectivity index (χ2v) is 9.02. The van der Waals surface area contributed by atoms with Crippen LogP contribution in [0, 0.1) is 0 Å². The third-order valence-corrected chi connectivity index (χ3v) is 6.56. The number of imidazole rings is 1. The molecular weight excluding hydrogens is 418 g/mol. The molecule has 0 saturated carbocycles. The van der Waals surface area contributed by atoms with Crippen molar-refractivity contribution in [3.05, 3.63) is 66.1 Å². The highest BCUT2D eigenvalue weighted by atomic mass is 16.5. The highest BCUT2D eigenvalue weighted by molar-refractivity contribution is 6.00. The van der Waals surface area contributed by atoms with E-state index < -0.39 is 6.04 Å². The summed E-state index contributed by atoms with van der Waals surface area (Å²) in [6.07, 6.45) is 4.48. The largest absolute Gasteiger partial charge is 0.486 e. The second-order valence-electron chi connectivity index (χ2n) is 9.02. The van der Waals surface area contributed by atoms with Crippen molar-refractivity contribution in [2.75, 3.05) is 19.6 Å². The Kier molecular flexibility index (Phi) is 5.76. The van der Waals surface area contributed by atoms with Crippen LogP contribution >= 0.6 is 0 Å². The fourth-order valence-corrected chi connectivity index (χ4v) is 4.76. The molecule has 8 heteroatoms. The topological polar surface area (TPSA) is 79.2 Å². The first-order valence-corrected chi connectivity index (χ1v) is 11.5. The average molecular weight is 448 g/mol. The first kappa shape index (κ1) is 21.5. The number of carbonyl (C=O) groups is 2. The Morgan fingerprint density at radius 1 is 1.18 bits per heavy atom. The van der Waals surface area contributed by atoms with Crippen molar-refractivity contribution in [2.45, 2.75) is 45.0 Å². The molecule has 2 fully saturated rings. The van der Waals surface area contributed by atoms with E-state index in [-0.39, 0.29) is 24.5 Å². The van der Waals surface area contributed by atoms with Crippen LogP contribution in [0.1, 0.15) is 36.3 Å². The van der Waals surface area contributed by atoms with Gasteiger partial charge in [0.05, 0.1) is 11.3 Å². The molecule has 2 unspecified atom stereocenters. The number of rotatable bonds is 6. The standard InChI is InChI=1S/C25H29N5O3/c1-17(2)28-11-12-30-19(15-28)13-21(25(30)32)27-24(31)20-7-3-4-8-22(20)33-16-18-14-29-10-6-5-9-23(29)26-18/h3-10,14,17,19,21H,11-13,15-16H2,1-2H3,(H,27,31). The van der Waals surface area contributed by atoms with Crippen LogP contribution in [0.25, 0.3) is 5.65 Å². The number of aromatic nitrogens is 2. The summed E-state index contributed by atoms with van der Waals surface area (Å²) in [5.74, 6) is 0.195. The summed E-state index contributed by atoms with van der Waals surface area (Å²) in [7, 11) is 0. The first-order chi connectivity index (χ1) is 16.0. The van der Waals surface area contributed by atoms with E-state index in [0.717, 1.165) is 24.4 Å². The van der Waals surface area contributed by atoms with Gasteiger partial charge < -0.3 is 19.4 Å². The van der Waals surface area contributed by atoms with Crippen LogP contribution in [0.3, 0.4) is 0 Å². The first-order valence-electron chi connectivity index (χ1n) is 11.5. The van der Waals surface area contributed by atoms with Crippen LogP contribution in [-0.4, -0.2) is 68.8 Å². The number of carbonyl (C=O) groups excluding carboxylic acids is 2. The second kappa shape index (κ2) is 8.86. The van der Waals surface area contributed by atoms with Crippen molar-refractivity contribution in [3.8, 4) is 5.75 Å². The molecule has 4 heterocycles. The fourth-order valence-electron chi connectivity index (χ4n) is 4.76. The lowest BCUT2D eigenvalue weighted by molar-refractivity contribution is -0.132. The van der Waals surface area contributed by atoms with E-state index in [1.165, 1.54) is 0 Å². The molecule has 2 saturated heterocycles. The lowest BCUT2D eigenvalue weighted by atomic mass is 10.1. The SMILES string of the molecule is CC(C)N1CCN2C(=O)C(NC(=O)c3ccccc3OCc3cn4ccccc4n3)CC2C1. The van der Waals surface area contributed by atoms with Crippen molar-refractivity contribution >= 4 is 17.5 Å². The van der Waals surface area contributed by atoms with Gasteiger partial charge in [-0.05, 0) is 44.5 Å². The average Bonchev–Trinajstić information content (AvgIpc) is 3.38. The number of nitrogens with zero attached hydrogens (tertiary/aromatic N) is 4. The Hall–Kier alpha value is -3.39. The maximum Gasteiger partial charge on any atom is 0.255 e. The number of nitrogens with one attached hydrogen (secondary N) is 1. The van der Waals surface area contributed by atoms with Gasteiger partial charge in [0.15, 0.2) is 0 Å². The predicted molar refractivity (Wildman–Crippen MR) is 124 cm³/mol. The summed E-state index contributed by atoms with van der Waals surface area (Å²) in [5.41, 5.74) is 2.03. The number of benzene rings is 1. The van der Waals surface area contributed by atoms with Gasteiger partial charge >= 0.3 is 0 Å². The van der Waals surface area contributed by atoms with Gasteiger partial charge in [-0.3, -0.25) is 14.5 Å². The number of hydrogen-bond donors (Lipinski definition) is 1. The summed E-state index contributed by atoms with van der Waals surface area (Å²) in [6.45, 7) is 7.04. The van der Waals surface area contributed by atoms with Crippen LogP contribution in [-0.2, 0) is 11.4 Å². The molecule has 0 spiro atoms. The third kappa shape index (κ3) is 4.30. The number of hydrogen-bond acceptors (Lipinski definition) is 5. The van der Waals surface area contributed by atoms with Crippen molar-refractivity contribution in [3.63, 3.8) is 0 Å². The molecule has 1 N–H and O–H groups in total. The maximum absolute atomic E-state index is 13.1. The van der Waals surface area contributed by atoms with Gasteiger partial charge in [0.1, 0.15) is 24.0 Å². The van der Waals surface area contributed by atoms with Crippen LogP contribution in [0.2, 0.25) is 0 Å². The molecule has 2 aliphatic heterocycles. The molecule has 2 aromatic heterocycles. The van der Waals surface area contributed by atoms with Crippen LogP contribution in [0.15, 0.2) is 54.9 Å². The molecular formula is C25H29N5O3. The summed E-state index contributed by atoms with van der Waals surface area (Å²) in [5, 5.41) is 2.96. The summed E-state index contributed by atoms with van der Waals surface area (Å²) < 4.78 is 7.89. The molecule has 2 amide bonds. The van der Waals surface area contributed by atoms with E-state index in [1.54, 1.807) is 18.2 Å². The summed E-state index contributed by atoms with van der Waals surface area (Å²) in [4.78, 5) is 34.9. The Bertz CT molecular complexity index is 1140. The van der Waals surface area contributed by atoms with Gasteiger partial charge in [0, 0.05) is 44.1 Å². The zero-order valence-electron chi connectivity index (χ0n) is 19.0. The smallest absolute Gasteiger partial charge is 0.255 e. The van der Waals surface area contributed by atoms with E-state index >= 15 is 0 Å². The Balaban J connectivity index is 1.25. The molecule has 1 aromatic carbocycles. The van der Waals surface area contributed by atoms with Gasteiger partial charge in [-0.1, -0.05) is 18.2 Å². The lowest BCUT2D eigenvalue weighted by Gasteiger charge is -2.39. The van der Waals surface area contributed by atoms with Crippen molar-refractivity contribution in [1.82, 2.24) is 24.5 Å². The van der Waals surface area contributed by atoms with Crippen LogP contribution < -0.4 is 10.1 Å². The fraction of sp³-hybridized carbons (Fsp3) is 0.400. The lowest BCUT2D eigenvalue weighted by Crippen LogP contribution is -2.53. The minimum atomic E-state index is -0.499. The van der Waals surface area contributed by atoms with Crippen molar-refractivity contribution < 1.29 is 14.3 Å². The number of ether oxygens (including phenoxy) is 1. The van der Waals surface area contributed by atoms with Gasteiger partial charge in [-0.2, -0.15) is 0 Å². The van der Waals surface area contributed by atoms with Crippen molar-refractivity contribution in [1.29, 1.82) is 0 Å². The normalized spacial score (nSPS) is 20.9.